The van der Waals surface area contributed by atoms with Crippen LogP contribution < -0.4 is 4.74 Å². The summed E-state index contributed by atoms with van der Waals surface area (Å²) >= 11 is 0. The molecule has 0 aliphatic heterocycles. The lowest BCUT2D eigenvalue weighted by atomic mass is 9.94. The van der Waals surface area contributed by atoms with Gasteiger partial charge >= 0.3 is 5.97 Å². The third kappa shape index (κ3) is 3.94. The zero-order valence-corrected chi connectivity index (χ0v) is 16.4. The maximum absolute atomic E-state index is 12.7. The Labute approximate surface area is 159 Å². The fourth-order valence-corrected chi connectivity index (χ4v) is 3.72. The first-order valence-electron chi connectivity index (χ1n) is 9.47. The van der Waals surface area contributed by atoms with Gasteiger partial charge in [0.2, 0.25) is 5.76 Å². The van der Waals surface area contributed by atoms with Gasteiger partial charge < -0.3 is 18.8 Å². The van der Waals surface area contributed by atoms with Crippen molar-refractivity contribution >= 4 is 22.8 Å². The van der Waals surface area contributed by atoms with E-state index in [1.807, 2.05) is 6.07 Å². The van der Waals surface area contributed by atoms with E-state index in [0.29, 0.717) is 16.9 Å². The van der Waals surface area contributed by atoms with Crippen molar-refractivity contribution in [2.75, 3.05) is 14.2 Å². The van der Waals surface area contributed by atoms with Crippen LogP contribution in [0.3, 0.4) is 0 Å². The molecule has 1 amide bonds. The number of methoxy groups -OCH3 is 1. The van der Waals surface area contributed by atoms with Crippen molar-refractivity contribution in [1.82, 2.24) is 4.90 Å². The van der Waals surface area contributed by atoms with Gasteiger partial charge in [0.25, 0.3) is 5.91 Å². The van der Waals surface area contributed by atoms with E-state index in [9.17, 15) is 9.59 Å². The predicted molar refractivity (Wildman–Crippen MR) is 102 cm³/mol. The standard InChI is InChI=1S/C21H27NO5/c1-13-17-12-16(25-4)10-11-18(17)27-19(13)21(24)26-14(2)20(23)22(3)15-8-6-5-7-9-15/h10-12,14-15H,5-9H2,1-4H3/t14-/m1/s1. The number of hydrogen-bond acceptors (Lipinski definition) is 5. The fourth-order valence-electron chi connectivity index (χ4n) is 3.72. The third-order valence-electron chi connectivity index (χ3n) is 5.43. The number of hydrogen-bond donors (Lipinski definition) is 0. The Kier molecular flexibility index (Phi) is 5.73. The molecule has 6 nitrogen and oxygen atoms in total. The number of rotatable bonds is 5. The van der Waals surface area contributed by atoms with Gasteiger partial charge in [-0.2, -0.15) is 0 Å². The summed E-state index contributed by atoms with van der Waals surface area (Å²) in [6.07, 6.45) is 4.66. The molecule has 1 atom stereocenters. The van der Waals surface area contributed by atoms with Gasteiger partial charge in [0.1, 0.15) is 11.3 Å². The third-order valence-corrected chi connectivity index (χ3v) is 5.43. The first-order valence-corrected chi connectivity index (χ1v) is 9.47. The van der Waals surface area contributed by atoms with Crippen LogP contribution in [-0.4, -0.2) is 43.1 Å². The normalized spacial score (nSPS) is 16.1. The van der Waals surface area contributed by atoms with Crippen LogP contribution in [0.5, 0.6) is 5.75 Å². The zero-order chi connectivity index (χ0) is 19.6. The number of likely N-dealkylation sites (N-methyl/N-ethyl adjacent to an activating group) is 1. The van der Waals surface area contributed by atoms with Crippen molar-refractivity contribution in [3.05, 3.63) is 29.5 Å². The van der Waals surface area contributed by atoms with Gasteiger partial charge in [0.05, 0.1) is 7.11 Å². The summed E-state index contributed by atoms with van der Waals surface area (Å²) in [6.45, 7) is 3.41. The summed E-state index contributed by atoms with van der Waals surface area (Å²) in [7, 11) is 3.38. The maximum atomic E-state index is 12.7. The molecule has 1 aliphatic carbocycles. The molecule has 6 heteroatoms. The van der Waals surface area contributed by atoms with E-state index >= 15 is 0 Å². The summed E-state index contributed by atoms with van der Waals surface area (Å²) in [5.41, 5.74) is 1.26. The molecule has 1 aromatic heterocycles. The monoisotopic (exact) mass is 373 g/mol. The molecular weight excluding hydrogens is 346 g/mol. The van der Waals surface area contributed by atoms with Crippen LogP contribution in [0, 0.1) is 6.92 Å². The molecular formula is C21H27NO5. The summed E-state index contributed by atoms with van der Waals surface area (Å²) in [5, 5.41) is 0.791. The molecule has 0 bridgehead atoms. The molecule has 1 heterocycles. The molecule has 27 heavy (non-hydrogen) atoms. The molecule has 0 spiro atoms. The van der Waals surface area contributed by atoms with E-state index in [4.69, 9.17) is 13.9 Å². The van der Waals surface area contributed by atoms with Crippen molar-refractivity contribution < 1.29 is 23.5 Å². The number of fused-ring (bicyclic) bond motifs is 1. The number of aryl methyl sites for hydroxylation is 1. The lowest BCUT2D eigenvalue weighted by molar-refractivity contribution is -0.141. The van der Waals surface area contributed by atoms with Gasteiger partial charge in [-0.05, 0) is 44.9 Å². The molecule has 1 aliphatic rings. The molecule has 1 fully saturated rings. The Hall–Kier alpha value is -2.50. The first-order chi connectivity index (χ1) is 12.9. The van der Waals surface area contributed by atoms with Crippen LogP contribution in [0.1, 0.15) is 55.1 Å². The molecule has 1 aromatic carbocycles. The van der Waals surface area contributed by atoms with Gasteiger partial charge in [-0.1, -0.05) is 19.3 Å². The highest BCUT2D eigenvalue weighted by atomic mass is 16.6. The second-order valence-corrected chi connectivity index (χ2v) is 7.21. The van der Waals surface area contributed by atoms with E-state index in [2.05, 4.69) is 0 Å². The minimum atomic E-state index is -0.855. The first kappa shape index (κ1) is 19.3. The Balaban J connectivity index is 1.71. The van der Waals surface area contributed by atoms with E-state index < -0.39 is 12.1 Å². The number of carbonyl (C=O) groups is 2. The van der Waals surface area contributed by atoms with Crippen molar-refractivity contribution in [3.8, 4) is 5.75 Å². The molecule has 3 rings (SSSR count). The van der Waals surface area contributed by atoms with Crippen LogP contribution in [0.25, 0.3) is 11.0 Å². The Morgan fingerprint density at radius 1 is 1.22 bits per heavy atom. The lowest BCUT2D eigenvalue weighted by Crippen LogP contribution is -2.44. The topological polar surface area (TPSA) is 69.0 Å². The second-order valence-electron chi connectivity index (χ2n) is 7.21. The average Bonchev–Trinajstić information content (AvgIpc) is 3.03. The predicted octanol–water partition coefficient (Wildman–Crippen LogP) is 4.09. The van der Waals surface area contributed by atoms with Crippen LogP contribution in [0.15, 0.2) is 22.6 Å². The summed E-state index contributed by atoms with van der Waals surface area (Å²) < 4.78 is 16.3. The zero-order valence-electron chi connectivity index (χ0n) is 16.4. The van der Waals surface area contributed by atoms with Crippen LogP contribution >= 0.6 is 0 Å². The molecule has 0 radical (unpaired) electrons. The summed E-state index contributed by atoms with van der Waals surface area (Å²) in [4.78, 5) is 27.0. The number of esters is 1. The molecule has 1 saturated carbocycles. The van der Waals surface area contributed by atoms with Crippen molar-refractivity contribution in [1.29, 1.82) is 0 Å². The number of ether oxygens (including phenoxy) is 2. The molecule has 2 aromatic rings. The average molecular weight is 373 g/mol. The lowest BCUT2D eigenvalue weighted by Gasteiger charge is -2.32. The number of nitrogens with zero attached hydrogens (tertiary/aromatic N) is 1. The highest BCUT2D eigenvalue weighted by molar-refractivity contribution is 5.97. The molecule has 0 saturated heterocycles. The van der Waals surface area contributed by atoms with Gasteiger partial charge in [0, 0.05) is 24.0 Å². The Bertz CT molecular complexity index is 834. The van der Waals surface area contributed by atoms with Crippen molar-refractivity contribution in [3.63, 3.8) is 0 Å². The van der Waals surface area contributed by atoms with Gasteiger partial charge in [-0.3, -0.25) is 4.79 Å². The van der Waals surface area contributed by atoms with Gasteiger partial charge in [-0.25, -0.2) is 4.79 Å². The number of carbonyl (C=O) groups excluding carboxylic acids is 2. The smallest absolute Gasteiger partial charge is 0.375 e. The Morgan fingerprint density at radius 2 is 1.93 bits per heavy atom. The quantitative estimate of drug-likeness (QED) is 0.739. The highest BCUT2D eigenvalue weighted by Crippen LogP contribution is 2.29. The molecule has 0 N–H and O–H groups in total. The summed E-state index contributed by atoms with van der Waals surface area (Å²) in [5.74, 6) is 0.00781. The fraction of sp³-hybridized carbons (Fsp3) is 0.524. The minimum Gasteiger partial charge on any atom is -0.497 e. The minimum absolute atomic E-state index is 0.123. The molecule has 146 valence electrons. The maximum Gasteiger partial charge on any atom is 0.375 e. The van der Waals surface area contributed by atoms with Crippen LogP contribution in [0.4, 0.5) is 0 Å². The van der Waals surface area contributed by atoms with Crippen molar-refractivity contribution in [2.24, 2.45) is 0 Å². The molecule has 0 unspecified atom stereocenters. The SMILES string of the molecule is COc1ccc2oc(C(=O)O[C@H](C)C(=O)N(C)C3CCCCC3)c(C)c2c1. The van der Waals surface area contributed by atoms with Crippen LogP contribution in [-0.2, 0) is 9.53 Å². The van der Waals surface area contributed by atoms with Crippen molar-refractivity contribution in [2.45, 2.75) is 58.1 Å². The number of benzene rings is 1. The van der Waals surface area contributed by atoms with E-state index in [-0.39, 0.29) is 17.7 Å². The van der Waals surface area contributed by atoms with E-state index in [0.717, 1.165) is 31.1 Å². The number of amides is 1. The second kappa shape index (κ2) is 8.03. The van der Waals surface area contributed by atoms with E-state index in [1.165, 1.54) is 6.42 Å². The van der Waals surface area contributed by atoms with Gasteiger partial charge in [0.15, 0.2) is 6.10 Å². The summed E-state index contributed by atoms with van der Waals surface area (Å²) in [6, 6.07) is 5.57. The van der Waals surface area contributed by atoms with E-state index in [1.54, 1.807) is 45.0 Å². The highest BCUT2D eigenvalue weighted by Gasteiger charge is 2.29. The van der Waals surface area contributed by atoms with Gasteiger partial charge in [-0.15, -0.1) is 0 Å². The largest absolute Gasteiger partial charge is 0.497 e. The Morgan fingerprint density at radius 3 is 2.59 bits per heavy atom. The van der Waals surface area contributed by atoms with Crippen LogP contribution in [0.2, 0.25) is 0 Å². The number of furan rings is 1.